The monoisotopic (exact) mass is 358 g/mol. The van der Waals surface area contributed by atoms with Crippen LogP contribution in [-0.4, -0.2) is 54.1 Å². The van der Waals surface area contributed by atoms with E-state index in [2.05, 4.69) is 4.90 Å². The summed E-state index contributed by atoms with van der Waals surface area (Å²) >= 11 is 0. The van der Waals surface area contributed by atoms with E-state index in [0.29, 0.717) is 43.7 Å². The highest BCUT2D eigenvalue weighted by Crippen LogP contribution is 2.45. The van der Waals surface area contributed by atoms with Gasteiger partial charge in [-0.3, -0.25) is 9.69 Å². The van der Waals surface area contributed by atoms with Gasteiger partial charge in [0.15, 0.2) is 0 Å². The fraction of sp³-hybridized carbons (Fsp3) is 0.500. The van der Waals surface area contributed by atoms with Crippen molar-refractivity contribution in [2.75, 3.05) is 26.2 Å². The smallest absolute Gasteiger partial charge is 0.336 e. The summed E-state index contributed by atoms with van der Waals surface area (Å²) < 4.78 is 20.2. The Bertz CT molecular complexity index is 764. The van der Waals surface area contributed by atoms with Crippen LogP contribution in [0.1, 0.15) is 25.3 Å². The summed E-state index contributed by atoms with van der Waals surface area (Å²) in [4.78, 5) is 28.3. The predicted octanol–water partition coefficient (Wildman–Crippen LogP) is 2.28. The highest BCUT2D eigenvalue weighted by molar-refractivity contribution is 5.94. The summed E-state index contributed by atoms with van der Waals surface area (Å²) in [5, 5.41) is 0. The van der Waals surface area contributed by atoms with Crippen LogP contribution in [0.2, 0.25) is 0 Å². The van der Waals surface area contributed by atoms with E-state index >= 15 is 4.39 Å². The second kappa shape index (κ2) is 6.50. The number of likely N-dealkylation sites (tertiary alicyclic amines) is 2. The molecule has 0 N–H and O–H groups in total. The number of esters is 1. The summed E-state index contributed by atoms with van der Waals surface area (Å²) in [5.41, 5.74) is 1.27. The van der Waals surface area contributed by atoms with Crippen LogP contribution >= 0.6 is 0 Å². The largest absolute Gasteiger partial charge is 0.456 e. The van der Waals surface area contributed by atoms with E-state index in [-0.39, 0.29) is 25.0 Å². The van der Waals surface area contributed by atoms with Crippen LogP contribution in [0.4, 0.5) is 4.39 Å². The van der Waals surface area contributed by atoms with Crippen LogP contribution in [0.3, 0.4) is 0 Å². The summed E-state index contributed by atoms with van der Waals surface area (Å²) in [5.74, 6) is -0.569. The summed E-state index contributed by atoms with van der Waals surface area (Å²) in [6.07, 6.45) is -0.189. The lowest BCUT2D eigenvalue weighted by atomic mass is 9.75. The number of cyclic esters (lactones) is 1. The lowest BCUT2D eigenvalue weighted by molar-refractivity contribution is -0.142. The normalized spacial score (nSPS) is 29.8. The van der Waals surface area contributed by atoms with Crippen molar-refractivity contribution in [3.63, 3.8) is 0 Å². The maximum Gasteiger partial charge on any atom is 0.336 e. The summed E-state index contributed by atoms with van der Waals surface area (Å²) in [6, 6.07) is 9.99. The first-order chi connectivity index (χ1) is 12.5. The molecule has 1 aromatic rings. The molecule has 6 heteroatoms. The van der Waals surface area contributed by atoms with E-state index in [0.717, 1.165) is 5.56 Å². The van der Waals surface area contributed by atoms with Crippen LogP contribution < -0.4 is 0 Å². The van der Waals surface area contributed by atoms with Crippen molar-refractivity contribution < 1.29 is 18.7 Å². The molecule has 0 aromatic heterocycles. The van der Waals surface area contributed by atoms with E-state index in [1.54, 1.807) is 11.8 Å². The molecule has 1 spiro atoms. The van der Waals surface area contributed by atoms with E-state index < -0.39 is 11.6 Å². The van der Waals surface area contributed by atoms with E-state index in [4.69, 9.17) is 4.74 Å². The van der Waals surface area contributed by atoms with Crippen LogP contribution in [-0.2, 0) is 20.9 Å². The molecule has 3 aliphatic rings. The molecule has 0 aliphatic carbocycles. The Morgan fingerprint density at radius 2 is 1.92 bits per heavy atom. The molecule has 0 bridgehead atoms. The van der Waals surface area contributed by atoms with Gasteiger partial charge in [-0.1, -0.05) is 30.3 Å². The van der Waals surface area contributed by atoms with E-state index in [1.165, 1.54) is 0 Å². The minimum Gasteiger partial charge on any atom is -0.456 e. The van der Waals surface area contributed by atoms with Gasteiger partial charge in [-0.25, -0.2) is 9.18 Å². The van der Waals surface area contributed by atoms with Gasteiger partial charge in [0.2, 0.25) is 5.91 Å². The van der Waals surface area contributed by atoms with Gasteiger partial charge in [0.1, 0.15) is 12.8 Å². The van der Waals surface area contributed by atoms with Crippen molar-refractivity contribution in [3.05, 3.63) is 47.2 Å². The number of amides is 1. The minimum absolute atomic E-state index is 0.115. The van der Waals surface area contributed by atoms with Crippen LogP contribution in [0, 0.1) is 5.41 Å². The maximum atomic E-state index is 15.2. The Labute approximate surface area is 152 Å². The van der Waals surface area contributed by atoms with Gasteiger partial charge in [-0.05, 0) is 31.9 Å². The molecule has 0 saturated carbocycles. The van der Waals surface area contributed by atoms with Crippen LogP contribution in [0.5, 0.6) is 0 Å². The quantitative estimate of drug-likeness (QED) is 0.778. The lowest BCUT2D eigenvalue weighted by Crippen LogP contribution is -2.52. The van der Waals surface area contributed by atoms with Gasteiger partial charge >= 0.3 is 5.97 Å². The van der Waals surface area contributed by atoms with Crippen LogP contribution in [0.25, 0.3) is 0 Å². The molecule has 1 amide bonds. The highest BCUT2D eigenvalue weighted by atomic mass is 19.1. The first kappa shape index (κ1) is 17.2. The number of alkyl halides is 1. The molecule has 2 fully saturated rings. The number of carbonyl (C=O) groups is 2. The van der Waals surface area contributed by atoms with Gasteiger partial charge in [0.25, 0.3) is 0 Å². The van der Waals surface area contributed by atoms with Crippen molar-refractivity contribution in [2.45, 2.75) is 32.5 Å². The van der Waals surface area contributed by atoms with Crippen molar-refractivity contribution in [1.82, 2.24) is 9.80 Å². The minimum atomic E-state index is -1.20. The SMILES string of the molecule is CC1=C(N2CCC3(CCN(Cc4ccccc4)CC3F)C2=O)COC1=O. The van der Waals surface area contributed by atoms with E-state index in [9.17, 15) is 9.59 Å². The van der Waals surface area contributed by atoms with Gasteiger partial charge in [-0.15, -0.1) is 0 Å². The molecule has 5 nitrogen and oxygen atoms in total. The molecule has 2 unspecified atom stereocenters. The van der Waals surface area contributed by atoms with Crippen LogP contribution in [0.15, 0.2) is 41.6 Å². The number of rotatable bonds is 3. The van der Waals surface area contributed by atoms with Crippen molar-refractivity contribution in [3.8, 4) is 0 Å². The molecule has 138 valence electrons. The van der Waals surface area contributed by atoms with Crippen molar-refractivity contribution >= 4 is 11.9 Å². The highest BCUT2D eigenvalue weighted by Gasteiger charge is 2.55. The molecule has 3 aliphatic heterocycles. The molecule has 3 heterocycles. The molecule has 26 heavy (non-hydrogen) atoms. The summed E-state index contributed by atoms with van der Waals surface area (Å²) in [6.45, 7) is 3.90. The molecule has 1 aromatic carbocycles. The molecule has 0 radical (unpaired) electrons. The second-order valence-corrected chi connectivity index (χ2v) is 7.45. The number of benzene rings is 1. The Hall–Kier alpha value is -2.21. The second-order valence-electron chi connectivity index (χ2n) is 7.45. The molecule has 2 atom stereocenters. The predicted molar refractivity (Wildman–Crippen MR) is 93.7 cm³/mol. The lowest BCUT2D eigenvalue weighted by Gasteiger charge is -2.40. The number of carbonyl (C=O) groups excluding carboxylic acids is 2. The fourth-order valence-corrected chi connectivity index (χ4v) is 4.31. The van der Waals surface area contributed by atoms with Gasteiger partial charge in [-0.2, -0.15) is 0 Å². The number of ether oxygens (including phenoxy) is 1. The number of hydrogen-bond donors (Lipinski definition) is 0. The average Bonchev–Trinajstić information content (AvgIpc) is 3.14. The number of piperidine rings is 1. The topological polar surface area (TPSA) is 49.9 Å². The zero-order valence-electron chi connectivity index (χ0n) is 14.9. The molecule has 4 rings (SSSR count). The zero-order valence-corrected chi connectivity index (χ0v) is 14.9. The Kier molecular flexibility index (Phi) is 4.31. The Morgan fingerprint density at radius 3 is 2.58 bits per heavy atom. The zero-order chi connectivity index (χ0) is 18.3. The van der Waals surface area contributed by atoms with Gasteiger partial charge in [0.05, 0.1) is 16.7 Å². The molecular weight excluding hydrogens is 335 g/mol. The maximum absolute atomic E-state index is 15.2. The summed E-state index contributed by atoms with van der Waals surface area (Å²) in [7, 11) is 0. The number of nitrogens with zero attached hydrogens (tertiary/aromatic N) is 2. The molecule has 2 saturated heterocycles. The molecular formula is C20H23FN2O3. The van der Waals surface area contributed by atoms with Gasteiger partial charge in [0, 0.05) is 19.6 Å². The third-order valence-corrected chi connectivity index (χ3v) is 6.00. The Morgan fingerprint density at radius 1 is 1.19 bits per heavy atom. The third-order valence-electron chi connectivity index (χ3n) is 6.00. The standard InChI is InChI=1S/C20H23FN2O3/c1-14-16(13-26-18(14)24)23-10-8-20(19(23)25)7-9-22(12-17(20)21)11-15-5-3-2-4-6-15/h2-6,17H,7-13H2,1H3. The van der Waals surface area contributed by atoms with E-state index in [1.807, 2.05) is 30.3 Å². The Balaban J connectivity index is 1.47. The first-order valence-corrected chi connectivity index (χ1v) is 9.10. The van der Waals surface area contributed by atoms with Gasteiger partial charge < -0.3 is 9.64 Å². The third kappa shape index (κ3) is 2.72. The first-order valence-electron chi connectivity index (χ1n) is 9.10. The fourth-order valence-electron chi connectivity index (χ4n) is 4.31. The van der Waals surface area contributed by atoms with Crippen molar-refractivity contribution in [2.24, 2.45) is 5.41 Å². The number of halogens is 1. The van der Waals surface area contributed by atoms with Crippen molar-refractivity contribution in [1.29, 1.82) is 0 Å². The number of hydrogen-bond acceptors (Lipinski definition) is 4. The average molecular weight is 358 g/mol.